The highest BCUT2D eigenvalue weighted by Crippen LogP contribution is 2.18. The first kappa shape index (κ1) is 21.2. The number of hydrogen-bond acceptors (Lipinski definition) is 2. The normalized spacial score (nSPS) is 13.5. The largest absolute Gasteiger partial charge is 0.357 e. The molecule has 2 N–H and O–H groups in total. The van der Waals surface area contributed by atoms with Crippen LogP contribution < -0.4 is 10.6 Å². The van der Waals surface area contributed by atoms with Gasteiger partial charge in [0.15, 0.2) is 5.96 Å². The molecule has 0 bridgehead atoms. The van der Waals surface area contributed by atoms with Crippen molar-refractivity contribution in [3.05, 3.63) is 35.9 Å². The molecule has 0 aliphatic heterocycles. The number of halogens is 1. The topological polar surface area (TPSA) is 39.7 Å². The lowest BCUT2D eigenvalue weighted by Crippen LogP contribution is -2.47. The molecule has 0 radical (unpaired) electrons. The average Bonchev–Trinajstić information content (AvgIpc) is 2.38. The molecule has 0 fully saturated rings. The maximum atomic E-state index is 4.75. The Morgan fingerprint density at radius 3 is 2.23 bits per heavy atom. The summed E-state index contributed by atoms with van der Waals surface area (Å²) in [4.78, 5) is 6.96. The van der Waals surface area contributed by atoms with Crippen LogP contribution >= 0.6 is 24.0 Å². The summed E-state index contributed by atoms with van der Waals surface area (Å²) in [5, 5.41) is 6.73. The van der Waals surface area contributed by atoms with Crippen LogP contribution in [0.4, 0.5) is 0 Å². The fourth-order valence-corrected chi connectivity index (χ4v) is 2.08. The molecule has 0 aliphatic carbocycles. The number of likely N-dealkylation sites (N-methyl/N-ethyl adjacent to an activating group) is 1. The lowest BCUT2D eigenvalue weighted by atomic mass is 10.1. The van der Waals surface area contributed by atoms with Gasteiger partial charge in [0.2, 0.25) is 0 Å². The van der Waals surface area contributed by atoms with E-state index < -0.39 is 0 Å². The zero-order valence-corrected chi connectivity index (χ0v) is 17.0. The summed E-state index contributed by atoms with van der Waals surface area (Å²) >= 11 is 0. The number of aliphatic imine (C=N–C) groups is 1. The number of nitrogens with zero attached hydrogens (tertiary/aromatic N) is 2. The van der Waals surface area contributed by atoms with Gasteiger partial charge in [-0.05, 0) is 47.4 Å². The van der Waals surface area contributed by atoms with Gasteiger partial charge in [-0.1, -0.05) is 30.3 Å². The van der Waals surface area contributed by atoms with E-state index >= 15 is 0 Å². The van der Waals surface area contributed by atoms with Crippen molar-refractivity contribution in [2.24, 2.45) is 4.99 Å². The summed E-state index contributed by atoms with van der Waals surface area (Å²) in [6, 6.07) is 10.8. The van der Waals surface area contributed by atoms with Crippen molar-refractivity contribution in [3.63, 3.8) is 0 Å². The number of hydrogen-bond donors (Lipinski definition) is 2. The lowest BCUT2D eigenvalue weighted by Gasteiger charge is -2.26. The highest BCUT2D eigenvalue weighted by Gasteiger charge is 2.15. The molecule has 5 heteroatoms. The Balaban J connectivity index is 0.00000441. The van der Waals surface area contributed by atoms with Crippen molar-refractivity contribution in [1.29, 1.82) is 0 Å². The smallest absolute Gasteiger partial charge is 0.191 e. The van der Waals surface area contributed by atoms with E-state index in [4.69, 9.17) is 4.99 Å². The first-order valence-electron chi connectivity index (χ1n) is 7.61. The molecule has 0 saturated carbocycles. The average molecular weight is 418 g/mol. The molecule has 0 aliphatic rings. The molecule has 1 aromatic rings. The molecule has 4 nitrogen and oxygen atoms in total. The van der Waals surface area contributed by atoms with E-state index in [2.05, 4.69) is 81.6 Å². The Labute approximate surface area is 152 Å². The van der Waals surface area contributed by atoms with Crippen LogP contribution in [0.2, 0.25) is 0 Å². The third kappa shape index (κ3) is 7.98. The fourth-order valence-electron chi connectivity index (χ4n) is 2.08. The highest BCUT2D eigenvalue weighted by atomic mass is 127. The summed E-state index contributed by atoms with van der Waals surface area (Å²) < 4.78 is 0. The summed E-state index contributed by atoms with van der Waals surface area (Å²) in [5.74, 6) is 0.868. The van der Waals surface area contributed by atoms with Crippen LogP contribution in [-0.2, 0) is 0 Å². The second-order valence-corrected chi connectivity index (χ2v) is 6.48. The van der Waals surface area contributed by atoms with Crippen molar-refractivity contribution < 1.29 is 0 Å². The molecule has 1 unspecified atom stereocenters. The molecule has 0 saturated heterocycles. The Morgan fingerprint density at radius 1 is 1.18 bits per heavy atom. The molecule has 1 atom stereocenters. The van der Waals surface area contributed by atoms with Crippen LogP contribution in [0.1, 0.15) is 39.3 Å². The van der Waals surface area contributed by atoms with Gasteiger partial charge >= 0.3 is 0 Å². The summed E-state index contributed by atoms with van der Waals surface area (Å²) in [6.07, 6.45) is 0. The molecule has 0 aromatic heterocycles. The Bertz CT molecular complexity index is 438. The van der Waals surface area contributed by atoms with Gasteiger partial charge in [0.1, 0.15) is 0 Å². The minimum Gasteiger partial charge on any atom is -0.357 e. The zero-order valence-electron chi connectivity index (χ0n) is 14.7. The summed E-state index contributed by atoms with van der Waals surface area (Å²) in [7, 11) is 4.19. The minimum atomic E-state index is 0. The van der Waals surface area contributed by atoms with Gasteiger partial charge in [-0.25, -0.2) is 0 Å². The van der Waals surface area contributed by atoms with E-state index in [1.807, 2.05) is 6.07 Å². The van der Waals surface area contributed by atoms with Gasteiger partial charge in [0, 0.05) is 12.1 Å². The van der Waals surface area contributed by atoms with Crippen molar-refractivity contribution in [2.75, 3.05) is 27.2 Å². The van der Waals surface area contributed by atoms with E-state index in [0.717, 1.165) is 19.0 Å². The minimum absolute atomic E-state index is 0. The number of rotatable bonds is 5. The molecule has 0 heterocycles. The standard InChI is InChI=1S/C17H30N4.HI/c1-7-18-16(20-17(2,3)4)19-13-15(21(5)6)14-11-9-8-10-12-14;/h8-12,15H,7,13H2,1-6H3,(H2,18,19,20);1H. The summed E-state index contributed by atoms with van der Waals surface area (Å²) in [6.45, 7) is 10.1. The lowest BCUT2D eigenvalue weighted by molar-refractivity contribution is 0.306. The van der Waals surface area contributed by atoms with Crippen LogP contribution in [0.5, 0.6) is 0 Å². The monoisotopic (exact) mass is 418 g/mol. The second kappa shape index (κ2) is 10.0. The molecule has 0 spiro atoms. The molecule has 1 aromatic carbocycles. The van der Waals surface area contributed by atoms with Crippen LogP contribution in [0.15, 0.2) is 35.3 Å². The van der Waals surface area contributed by atoms with Gasteiger partial charge < -0.3 is 15.5 Å². The van der Waals surface area contributed by atoms with Crippen LogP contribution in [0.25, 0.3) is 0 Å². The molecule has 1 rings (SSSR count). The molecule has 0 amide bonds. The van der Waals surface area contributed by atoms with E-state index in [9.17, 15) is 0 Å². The Kier molecular flexibility index (Phi) is 9.67. The number of benzene rings is 1. The SMILES string of the molecule is CCNC(=NCC(c1ccccc1)N(C)C)NC(C)(C)C.I. The van der Waals surface area contributed by atoms with E-state index in [-0.39, 0.29) is 35.6 Å². The molecule has 22 heavy (non-hydrogen) atoms. The van der Waals surface area contributed by atoms with Crippen molar-refractivity contribution in [2.45, 2.75) is 39.3 Å². The van der Waals surface area contributed by atoms with E-state index in [1.54, 1.807) is 0 Å². The van der Waals surface area contributed by atoms with Gasteiger partial charge in [0.05, 0.1) is 12.6 Å². The van der Waals surface area contributed by atoms with Crippen molar-refractivity contribution >= 4 is 29.9 Å². The quantitative estimate of drug-likeness (QED) is 0.438. The predicted octanol–water partition coefficient (Wildman–Crippen LogP) is 3.26. The van der Waals surface area contributed by atoms with Crippen molar-refractivity contribution in [1.82, 2.24) is 15.5 Å². The summed E-state index contributed by atoms with van der Waals surface area (Å²) in [5.41, 5.74) is 1.29. The van der Waals surface area contributed by atoms with Gasteiger partial charge in [-0.2, -0.15) is 0 Å². The zero-order chi connectivity index (χ0) is 15.9. The second-order valence-electron chi connectivity index (χ2n) is 6.48. The maximum Gasteiger partial charge on any atom is 0.191 e. The molecular formula is C17H31IN4. The Hall–Kier alpha value is -0.820. The number of nitrogens with one attached hydrogen (secondary N) is 2. The predicted molar refractivity (Wildman–Crippen MR) is 107 cm³/mol. The Morgan fingerprint density at radius 2 is 1.77 bits per heavy atom. The van der Waals surface area contributed by atoms with Crippen molar-refractivity contribution in [3.8, 4) is 0 Å². The van der Waals surface area contributed by atoms with E-state index in [1.165, 1.54) is 5.56 Å². The van der Waals surface area contributed by atoms with Gasteiger partial charge in [-0.3, -0.25) is 4.99 Å². The molecular weight excluding hydrogens is 387 g/mol. The molecule has 126 valence electrons. The van der Waals surface area contributed by atoms with Crippen LogP contribution in [-0.4, -0.2) is 43.6 Å². The third-order valence-electron chi connectivity index (χ3n) is 3.07. The van der Waals surface area contributed by atoms with E-state index in [0.29, 0.717) is 0 Å². The number of guanidine groups is 1. The first-order chi connectivity index (χ1) is 9.83. The maximum absolute atomic E-state index is 4.75. The van der Waals surface area contributed by atoms with Gasteiger partial charge in [0.25, 0.3) is 0 Å². The fraction of sp³-hybridized carbons (Fsp3) is 0.588. The van der Waals surface area contributed by atoms with Crippen LogP contribution in [0.3, 0.4) is 0 Å². The van der Waals surface area contributed by atoms with Crippen LogP contribution in [0, 0.1) is 0 Å². The van der Waals surface area contributed by atoms with Gasteiger partial charge in [-0.15, -0.1) is 24.0 Å². The highest BCUT2D eigenvalue weighted by molar-refractivity contribution is 14.0. The first-order valence-corrected chi connectivity index (χ1v) is 7.61. The third-order valence-corrected chi connectivity index (χ3v) is 3.07.